The van der Waals surface area contributed by atoms with Gasteiger partial charge in [-0.05, 0) is 50.6 Å². The first-order valence-electron chi connectivity index (χ1n) is 9.30. The maximum absolute atomic E-state index is 12.2. The van der Waals surface area contributed by atoms with E-state index >= 15 is 0 Å². The van der Waals surface area contributed by atoms with Crippen molar-refractivity contribution in [3.63, 3.8) is 0 Å². The molecule has 30 heavy (non-hydrogen) atoms. The fourth-order valence-corrected chi connectivity index (χ4v) is 3.73. The van der Waals surface area contributed by atoms with E-state index in [0.29, 0.717) is 5.69 Å². The van der Waals surface area contributed by atoms with Crippen LogP contribution in [-0.2, 0) is 14.6 Å². The standard InChI is InChI=1S/C19H24N4O6S/c1-4-22(5-2)15-6-8-17(14(3)12-15)21-19(24)29-10-11-30(27,28)18-9-7-16(13-20-18)23(25)26/h6-9,12-13H,4-5,10-11H2,1-3H3,(H,21,24). The Morgan fingerprint density at radius 3 is 2.47 bits per heavy atom. The summed E-state index contributed by atoms with van der Waals surface area (Å²) in [5.74, 6) is -0.495. The highest BCUT2D eigenvalue weighted by atomic mass is 32.2. The lowest BCUT2D eigenvalue weighted by Gasteiger charge is -2.22. The van der Waals surface area contributed by atoms with E-state index in [2.05, 4.69) is 29.0 Å². The molecule has 162 valence electrons. The minimum atomic E-state index is -3.84. The molecule has 0 atom stereocenters. The van der Waals surface area contributed by atoms with Gasteiger partial charge in [-0.25, -0.2) is 18.2 Å². The number of ether oxygens (including phenoxy) is 1. The topological polar surface area (TPSA) is 132 Å². The monoisotopic (exact) mass is 436 g/mol. The molecular formula is C19H24N4O6S. The summed E-state index contributed by atoms with van der Waals surface area (Å²) >= 11 is 0. The lowest BCUT2D eigenvalue weighted by atomic mass is 10.1. The molecule has 1 amide bonds. The molecule has 11 heteroatoms. The second kappa shape index (κ2) is 10.0. The smallest absolute Gasteiger partial charge is 0.411 e. The van der Waals surface area contributed by atoms with Gasteiger partial charge in [-0.15, -0.1) is 0 Å². The van der Waals surface area contributed by atoms with Gasteiger partial charge in [-0.3, -0.25) is 15.4 Å². The number of rotatable bonds is 9. The molecule has 0 fully saturated rings. The van der Waals surface area contributed by atoms with Crippen LogP contribution in [0.4, 0.5) is 21.9 Å². The van der Waals surface area contributed by atoms with E-state index in [1.54, 1.807) is 6.07 Å². The third-order valence-electron chi connectivity index (χ3n) is 4.41. The molecule has 0 aliphatic carbocycles. The summed E-state index contributed by atoms with van der Waals surface area (Å²) in [4.78, 5) is 27.7. The third kappa shape index (κ3) is 5.89. The minimum Gasteiger partial charge on any atom is -0.448 e. The fourth-order valence-electron chi connectivity index (χ4n) is 2.73. The summed E-state index contributed by atoms with van der Waals surface area (Å²) in [6, 6.07) is 7.71. The average Bonchev–Trinajstić information content (AvgIpc) is 2.71. The maximum atomic E-state index is 12.2. The molecular weight excluding hydrogens is 412 g/mol. The Labute approximate surface area is 174 Å². The van der Waals surface area contributed by atoms with Crippen LogP contribution in [0.15, 0.2) is 41.6 Å². The minimum absolute atomic E-state index is 0.313. The van der Waals surface area contributed by atoms with Crippen LogP contribution in [0, 0.1) is 17.0 Å². The molecule has 1 aromatic heterocycles. The molecule has 2 rings (SSSR count). The molecule has 0 saturated carbocycles. The maximum Gasteiger partial charge on any atom is 0.411 e. The number of hydrogen-bond acceptors (Lipinski definition) is 8. The zero-order valence-electron chi connectivity index (χ0n) is 17.0. The van der Waals surface area contributed by atoms with Crippen molar-refractivity contribution >= 4 is 33.0 Å². The van der Waals surface area contributed by atoms with Crippen LogP contribution in [0.1, 0.15) is 19.4 Å². The quantitative estimate of drug-likeness (QED) is 0.468. The van der Waals surface area contributed by atoms with E-state index in [-0.39, 0.29) is 17.3 Å². The van der Waals surface area contributed by atoms with Gasteiger partial charge in [0, 0.05) is 30.5 Å². The summed E-state index contributed by atoms with van der Waals surface area (Å²) in [6.07, 6.45) is 0.0889. The summed E-state index contributed by atoms with van der Waals surface area (Å²) in [5, 5.41) is 12.9. The molecule has 0 bridgehead atoms. The number of pyridine rings is 1. The van der Waals surface area contributed by atoms with Gasteiger partial charge < -0.3 is 9.64 Å². The number of sulfone groups is 1. The summed E-state index contributed by atoms with van der Waals surface area (Å²) in [6.45, 7) is 7.31. The summed E-state index contributed by atoms with van der Waals surface area (Å²) < 4.78 is 29.4. The van der Waals surface area contributed by atoms with Crippen molar-refractivity contribution in [1.29, 1.82) is 0 Å². The SMILES string of the molecule is CCN(CC)c1ccc(NC(=O)OCCS(=O)(=O)c2ccc([N+](=O)[O-])cn2)c(C)c1. The molecule has 0 spiro atoms. The number of benzene rings is 1. The molecule has 10 nitrogen and oxygen atoms in total. The first kappa shape index (κ1) is 23.1. The van der Waals surface area contributed by atoms with Crippen molar-refractivity contribution in [2.24, 2.45) is 0 Å². The predicted molar refractivity (Wildman–Crippen MR) is 113 cm³/mol. The Morgan fingerprint density at radius 1 is 1.23 bits per heavy atom. The van der Waals surface area contributed by atoms with Gasteiger partial charge in [0.15, 0.2) is 14.9 Å². The van der Waals surface area contributed by atoms with E-state index < -0.39 is 26.6 Å². The van der Waals surface area contributed by atoms with Crippen molar-refractivity contribution in [3.8, 4) is 0 Å². The molecule has 0 saturated heterocycles. The van der Waals surface area contributed by atoms with Gasteiger partial charge >= 0.3 is 6.09 Å². The Morgan fingerprint density at radius 2 is 1.93 bits per heavy atom. The van der Waals surface area contributed by atoms with Crippen molar-refractivity contribution < 1.29 is 22.9 Å². The number of nitrogens with one attached hydrogen (secondary N) is 1. The van der Waals surface area contributed by atoms with E-state index in [1.165, 1.54) is 0 Å². The van der Waals surface area contributed by atoms with Gasteiger partial charge in [0.1, 0.15) is 12.8 Å². The average molecular weight is 436 g/mol. The number of carbonyl (C=O) groups excluding carboxylic acids is 1. The number of aromatic nitrogens is 1. The highest BCUT2D eigenvalue weighted by Crippen LogP contribution is 2.23. The Balaban J connectivity index is 1.92. The number of nitro groups is 1. The molecule has 0 radical (unpaired) electrons. The fraction of sp³-hybridized carbons (Fsp3) is 0.368. The number of aryl methyl sites for hydroxylation is 1. The third-order valence-corrected chi connectivity index (χ3v) is 5.99. The number of nitrogens with zero attached hydrogens (tertiary/aromatic N) is 3. The van der Waals surface area contributed by atoms with Crippen LogP contribution in [0.3, 0.4) is 0 Å². The van der Waals surface area contributed by atoms with Gasteiger partial charge in [-0.1, -0.05) is 0 Å². The van der Waals surface area contributed by atoms with Crippen LogP contribution in [0.2, 0.25) is 0 Å². The summed E-state index contributed by atoms with van der Waals surface area (Å²) in [5.41, 5.74) is 2.14. The number of carbonyl (C=O) groups is 1. The Bertz CT molecular complexity index is 1000. The highest BCUT2D eigenvalue weighted by molar-refractivity contribution is 7.91. The molecule has 0 unspecified atom stereocenters. The zero-order valence-corrected chi connectivity index (χ0v) is 17.8. The molecule has 1 aromatic carbocycles. The van der Waals surface area contributed by atoms with Gasteiger partial charge in [0.2, 0.25) is 0 Å². The second-order valence-electron chi connectivity index (χ2n) is 6.36. The highest BCUT2D eigenvalue weighted by Gasteiger charge is 2.19. The molecule has 1 heterocycles. The Kier molecular flexibility index (Phi) is 7.70. The molecule has 0 aliphatic rings. The van der Waals surface area contributed by atoms with Crippen LogP contribution < -0.4 is 10.2 Å². The van der Waals surface area contributed by atoms with Gasteiger partial charge in [0.05, 0.1) is 10.7 Å². The van der Waals surface area contributed by atoms with E-state index in [1.807, 2.05) is 19.1 Å². The lowest BCUT2D eigenvalue weighted by Crippen LogP contribution is -2.22. The van der Waals surface area contributed by atoms with Crippen molar-refractivity contribution in [2.45, 2.75) is 25.8 Å². The zero-order chi connectivity index (χ0) is 22.3. The first-order chi connectivity index (χ1) is 14.2. The van der Waals surface area contributed by atoms with Crippen molar-refractivity contribution in [1.82, 2.24) is 4.98 Å². The largest absolute Gasteiger partial charge is 0.448 e. The summed E-state index contributed by atoms with van der Waals surface area (Å²) in [7, 11) is -3.84. The Hall–Kier alpha value is -3.21. The van der Waals surface area contributed by atoms with Crippen LogP contribution in [-0.4, -0.2) is 49.9 Å². The van der Waals surface area contributed by atoms with Crippen molar-refractivity contribution in [3.05, 3.63) is 52.2 Å². The van der Waals surface area contributed by atoms with Gasteiger partial charge in [0.25, 0.3) is 5.69 Å². The molecule has 0 aliphatic heterocycles. The normalized spacial score (nSPS) is 11.0. The second-order valence-corrected chi connectivity index (χ2v) is 8.42. The van der Waals surface area contributed by atoms with E-state index in [9.17, 15) is 23.3 Å². The van der Waals surface area contributed by atoms with Crippen LogP contribution >= 0.6 is 0 Å². The molecule has 2 aromatic rings. The van der Waals surface area contributed by atoms with Crippen molar-refractivity contribution in [2.75, 3.05) is 35.7 Å². The number of hydrogen-bond donors (Lipinski definition) is 1. The lowest BCUT2D eigenvalue weighted by molar-refractivity contribution is -0.385. The number of amides is 1. The van der Waals surface area contributed by atoms with Crippen LogP contribution in [0.5, 0.6) is 0 Å². The van der Waals surface area contributed by atoms with Gasteiger partial charge in [-0.2, -0.15) is 0 Å². The van der Waals surface area contributed by atoms with Crippen LogP contribution in [0.25, 0.3) is 0 Å². The number of anilines is 2. The van der Waals surface area contributed by atoms with E-state index in [4.69, 9.17) is 4.74 Å². The first-order valence-corrected chi connectivity index (χ1v) is 11.0. The predicted octanol–water partition coefficient (Wildman–Crippen LogP) is 3.17. The molecule has 1 N–H and O–H groups in total. The van der Waals surface area contributed by atoms with E-state index in [0.717, 1.165) is 42.7 Å².